The summed E-state index contributed by atoms with van der Waals surface area (Å²) >= 11 is 0. The Balaban J connectivity index is 3.27. The van der Waals surface area contributed by atoms with Crippen molar-refractivity contribution in [1.82, 2.24) is 0 Å². The van der Waals surface area contributed by atoms with E-state index in [1.807, 2.05) is 0 Å². The second-order valence-corrected chi connectivity index (χ2v) is 3.31. The van der Waals surface area contributed by atoms with Crippen LogP contribution in [0.4, 0.5) is 0 Å². The first-order valence-corrected chi connectivity index (χ1v) is 4.75. The highest BCUT2D eigenvalue weighted by Crippen LogP contribution is 2.14. The number of ether oxygens (including phenoxy) is 1. The Morgan fingerprint density at radius 2 is 2.06 bits per heavy atom. The molecule has 0 aliphatic rings. The predicted octanol–water partition coefficient (Wildman–Crippen LogP) is 1.85. The Labute approximate surface area is 94.4 Å². The van der Waals surface area contributed by atoms with Crippen molar-refractivity contribution in [2.75, 3.05) is 7.11 Å². The molecule has 0 N–H and O–H groups in total. The van der Waals surface area contributed by atoms with Gasteiger partial charge in [-0.25, -0.2) is 4.79 Å². The molecule has 1 aromatic carbocycles. The maximum absolute atomic E-state index is 11.5. The molecule has 1 aromatic rings. The molecule has 0 aliphatic heterocycles. The molecule has 0 saturated carbocycles. The lowest BCUT2D eigenvalue weighted by Crippen LogP contribution is -2.09. The lowest BCUT2D eigenvalue weighted by atomic mass is 10.00. The van der Waals surface area contributed by atoms with E-state index < -0.39 is 5.97 Å². The van der Waals surface area contributed by atoms with Crippen molar-refractivity contribution in [3.8, 4) is 12.3 Å². The van der Waals surface area contributed by atoms with Crippen LogP contribution in [-0.4, -0.2) is 18.9 Å². The molecule has 0 fully saturated rings. The van der Waals surface area contributed by atoms with Gasteiger partial charge < -0.3 is 4.74 Å². The summed E-state index contributed by atoms with van der Waals surface area (Å²) in [6.07, 6.45) is 5.60. The fourth-order valence-corrected chi connectivity index (χ4v) is 1.41. The van der Waals surface area contributed by atoms with Crippen molar-refractivity contribution < 1.29 is 14.3 Å². The molecular formula is C13H12O3. The van der Waals surface area contributed by atoms with E-state index in [0.29, 0.717) is 12.0 Å². The number of Topliss-reactive ketones (excluding diaryl/α,β-unsaturated/α-hetero) is 1. The van der Waals surface area contributed by atoms with Crippen molar-refractivity contribution in [1.29, 1.82) is 0 Å². The topological polar surface area (TPSA) is 43.4 Å². The number of esters is 1. The lowest BCUT2D eigenvalue weighted by molar-refractivity contribution is 0.0597. The Morgan fingerprint density at radius 1 is 1.38 bits per heavy atom. The molecule has 0 atom stereocenters. The lowest BCUT2D eigenvalue weighted by Gasteiger charge is -2.06. The van der Waals surface area contributed by atoms with Crippen molar-refractivity contribution in [3.63, 3.8) is 0 Å². The van der Waals surface area contributed by atoms with Crippen LogP contribution in [0.2, 0.25) is 0 Å². The van der Waals surface area contributed by atoms with E-state index in [4.69, 9.17) is 6.42 Å². The first-order valence-electron chi connectivity index (χ1n) is 4.75. The third kappa shape index (κ3) is 2.48. The minimum absolute atomic E-state index is 0.173. The molecule has 1 rings (SSSR count). The van der Waals surface area contributed by atoms with Gasteiger partial charge in [0.1, 0.15) is 0 Å². The molecule has 0 aromatic heterocycles. The normalized spacial score (nSPS) is 9.31. The molecule has 0 amide bonds. The smallest absolute Gasteiger partial charge is 0.338 e. The minimum Gasteiger partial charge on any atom is -0.465 e. The van der Waals surface area contributed by atoms with Gasteiger partial charge in [-0.2, -0.15) is 0 Å². The maximum Gasteiger partial charge on any atom is 0.338 e. The molecule has 0 radical (unpaired) electrons. The van der Waals surface area contributed by atoms with Crippen LogP contribution in [0.5, 0.6) is 0 Å². The number of hydrogen-bond acceptors (Lipinski definition) is 3. The van der Waals surface area contributed by atoms with E-state index in [-0.39, 0.29) is 11.3 Å². The monoisotopic (exact) mass is 216 g/mol. The first-order chi connectivity index (χ1) is 7.60. The van der Waals surface area contributed by atoms with E-state index >= 15 is 0 Å². The minimum atomic E-state index is -0.524. The van der Waals surface area contributed by atoms with E-state index in [2.05, 4.69) is 10.7 Å². The molecule has 0 unspecified atom stereocenters. The van der Waals surface area contributed by atoms with Gasteiger partial charge in [0.05, 0.1) is 12.7 Å². The fraction of sp³-hybridized carbons (Fsp3) is 0.231. The van der Waals surface area contributed by atoms with Crippen LogP contribution in [0.15, 0.2) is 18.2 Å². The molecule has 16 heavy (non-hydrogen) atoms. The van der Waals surface area contributed by atoms with Crippen LogP contribution in [-0.2, 0) is 11.2 Å². The van der Waals surface area contributed by atoms with E-state index in [1.165, 1.54) is 14.0 Å². The van der Waals surface area contributed by atoms with Crippen molar-refractivity contribution in [2.45, 2.75) is 13.3 Å². The SMILES string of the molecule is C#CCc1ccc(C(C)=O)c(C(=O)OC)c1. The van der Waals surface area contributed by atoms with Crippen molar-refractivity contribution in [2.24, 2.45) is 0 Å². The molecular weight excluding hydrogens is 204 g/mol. The maximum atomic E-state index is 11.5. The zero-order chi connectivity index (χ0) is 12.1. The standard InChI is InChI=1S/C13H12O3/c1-4-5-10-6-7-11(9(2)14)12(8-10)13(15)16-3/h1,6-8H,5H2,2-3H3. The summed E-state index contributed by atoms with van der Waals surface area (Å²) in [5.41, 5.74) is 1.43. The number of hydrogen-bond donors (Lipinski definition) is 0. The van der Waals surface area contributed by atoms with Crippen LogP contribution in [0.25, 0.3) is 0 Å². The van der Waals surface area contributed by atoms with Crippen molar-refractivity contribution in [3.05, 3.63) is 34.9 Å². The van der Waals surface area contributed by atoms with E-state index in [9.17, 15) is 9.59 Å². The largest absolute Gasteiger partial charge is 0.465 e. The average molecular weight is 216 g/mol. The zero-order valence-electron chi connectivity index (χ0n) is 9.24. The third-order valence-electron chi connectivity index (χ3n) is 2.17. The van der Waals surface area contributed by atoms with Gasteiger partial charge in [-0.1, -0.05) is 12.1 Å². The summed E-state index contributed by atoms with van der Waals surface area (Å²) in [4.78, 5) is 22.8. The highest BCUT2D eigenvalue weighted by molar-refractivity contribution is 6.05. The van der Waals surface area contributed by atoms with Gasteiger partial charge >= 0.3 is 5.97 Å². The number of benzene rings is 1. The summed E-state index contributed by atoms with van der Waals surface area (Å²) < 4.78 is 4.62. The molecule has 3 heteroatoms. The number of terminal acetylenes is 1. The van der Waals surface area contributed by atoms with Gasteiger partial charge in [0.25, 0.3) is 0 Å². The van der Waals surface area contributed by atoms with E-state index in [0.717, 1.165) is 5.56 Å². The Hall–Kier alpha value is -2.08. The van der Waals surface area contributed by atoms with Crippen LogP contribution in [0.1, 0.15) is 33.2 Å². The first kappa shape index (κ1) is 12.0. The molecule has 0 saturated heterocycles. The van der Waals surface area contributed by atoms with Gasteiger partial charge in [-0.05, 0) is 18.6 Å². The number of rotatable bonds is 3. The summed E-state index contributed by atoms with van der Waals surface area (Å²) in [6, 6.07) is 4.94. The van der Waals surface area contributed by atoms with Gasteiger partial charge in [0.2, 0.25) is 0 Å². The quantitative estimate of drug-likeness (QED) is 0.440. The Morgan fingerprint density at radius 3 is 2.56 bits per heavy atom. The molecule has 0 heterocycles. The van der Waals surface area contributed by atoms with E-state index in [1.54, 1.807) is 18.2 Å². The van der Waals surface area contributed by atoms with Crippen LogP contribution < -0.4 is 0 Å². The zero-order valence-corrected chi connectivity index (χ0v) is 9.24. The van der Waals surface area contributed by atoms with Gasteiger partial charge in [-0.15, -0.1) is 12.3 Å². The fourth-order valence-electron chi connectivity index (χ4n) is 1.41. The number of carbonyl (C=O) groups is 2. The average Bonchev–Trinajstić information content (AvgIpc) is 2.28. The summed E-state index contributed by atoms with van der Waals surface area (Å²) in [7, 11) is 1.28. The summed E-state index contributed by atoms with van der Waals surface area (Å²) in [5.74, 6) is 1.78. The number of ketones is 1. The predicted molar refractivity (Wildman–Crippen MR) is 60.3 cm³/mol. The highest BCUT2D eigenvalue weighted by atomic mass is 16.5. The summed E-state index contributed by atoms with van der Waals surface area (Å²) in [6.45, 7) is 1.41. The summed E-state index contributed by atoms with van der Waals surface area (Å²) in [5, 5.41) is 0. The Bertz CT molecular complexity index is 467. The van der Waals surface area contributed by atoms with Gasteiger partial charge in [-0.3, -0.25) is 4.79 Å². The molecule has 0 spiro atoms. The second kappa shape index (κ2) is 5.13. The number of carbonyl (C=O) groups excluding carboxylic acids is 2. The second-order valence-electron chi connectivity index (χ2n) is 3.31. The molecule has 0 aliphatic carbocycles. The molecule has 82 valence electrons. The third-order valence-corrected chi connectivity index (χ3v) is 2.17. The number of methoxy groups -OCH3 is 1. The molecule has 0 bridgehead atoms. The highest BCUT2D eigenvalue weighted by Gasteiger charge is 2.15. The van der Waals surface area contributed by atoms with Crippen LogP contribution in [0.3, 0.4) is 0 Å². The molecule has 3 nitrogen and oxygen atoms in total. The van der Waals surface area contributed by atoms with Gasteiger partial charge in [0.15, 0.2) is 5.78 Å². The van der Waals surface area contributed by atoms with Crippen LogP contribution >= 0.6 is 0 Å². The van der Waals surface area contributed by atoms with Gasteiger partial charge in [0, 0.05) is 12.0 Å². The van der Waals surface area contributed by atoms with Crippen molar-refractivity contribution >= 4 is 11.8 Å². The van der Waals surface area contributed by atoms with Crippen LogP contribution in [0, 0.1) is 12.3 Å². The Kier molecular flexibility index (Phi) is 3.84.